The van der Waals surface area contributed by atoms with E-state index in [1.807, 2.05) is 38.2 Å². The van der Waals surface area contributed by atoms with Crippen LogP contribution >= 0.6 is 0 Å². The fourth-order valence-electron chi connectivity index (χ4n) is 2.88. The minimum Gasteiger partial charge on any atom is -0.371 e. The number of hydrogen-bond donors (Lipinski definition) is 1. The number of nitrogens with one attached hydrogen (secondary N) is 1. The quantitative estimate of drug-likeness (QED) is 0.910. The second-order valence-corrected chi connectivity index (χ2v) is 6.58. The minimum absolute atomic E-state index is 0.339. The molecule has 2 aromatic heterocycles. The molecule has 1 aliphatic carbocycles. The third kappa shape index (κ3) is 3.69. The molecule has 6 heteroatoms. The minimum atomic E-state index is -0.514. The van der Waals surface area contributed by atoms with Crippen LogP contribution in [0.25, 0.3) is 0 Å². The molecule has 0 amide bonds. The van der Waals surface area contributed by atoms with E-state index in [1.54, 1.807) is 7.11 Å². The first-order chi connectivity index (χ1) is 11.1. The van der Waals surface area contributed by atoms with Crippen molar-refractivity contribution in [2.75, 3.05) is 12.4 Å². The van der Waals surface area contributed by atoms with Crippen molar-refractivity contribution in [3.8, 4) is 0 Å². The first-order valence-electron chi connectivity index (χ1n) is 8.15. The molecule has 1 saturated carbocycles. The average molecular weight is 316 g/mol. The average Bonchev–Trinajstić information content (AvgIpc) is 3.07. The first-order valence-corrected chi connectivity index (χ1v) is 8.15. The number of ether oxygens (including phenoxy) is 1. The summed E-state index contributed by atoms with van der Waals surface area (Å²) in [5.74, 6) is 2.63. The largest absolute Gasteiger partial charge is 0.371 e. The van der Waals surface area contributed by atoms with E-state index in [-0.39, 0.29) is 0 Å². The molecule has 3 rings (SSSR count). The topological polar surface area (TPSA) is 73.1 Å². The maximum atomic E-state index is 5.47. The molecule has 0 saturated heterocycles. The second kappa shape index (κ2) is 6.66. The van der Waals surface area contributed by atoms with E-state index in [0.717, 1.165) is 37.4 Å². The molecule has 6 nitrogen and oxygen atoms in total. The van der Waals surface area contributed by atoms with Gasteiger partial charge in [0, 0.05) is 25.3 Å². The van der Waals surface area contributed by atoms with E-state index in [9.17, 15) is 0 Å². The Balaban J connectivity index is 1.57. The summed E-state index contributed by atoms with van der Waals surface area (Å²) in [4.78, 5) is 8.87. The van der Waals surface area contributed by atoms with E-state index in [2.05, 4.69) is 20.4 Å². The predicted octanol–water partition coefficient (Wildman–Crippen LogP) is 3.48. The second-order valence-electron chi connectivity index (χ2n) is 6.58. The molecule has 1 aliphatic rings. The van der Waals surface area contributed by atoms with Gasteiger partial charge in [0.25, 0.3) is 0 Å². The number of rotatable bonds is 5. The molecule has 0 bridgehead atoms. The Labute approximate surface area is 136 Å². The highest BCUT2D eigenvalue weighted by Crippen LogP contribution is 2.34. The number of methoxy groups -OCH3 is 1. The summed E-state index contributed by atoms with van der Waals surface area (Å²) in [6, 6.07) is 6.39. The number of hydrogen-bond acceptors (Lipinski definition) is 6. The number of anilines is 1. The van der Waals surface area contributed by atoms with Crippen LogP contribution in [-0.2, 0) is 10.3 Å². The summed E-state index contributed by atoms with van der Waals surface area (Å²) in [6.45, 7) is 3.88. The van der Waals surface area contributed by atoms with Gasteiger partial charge in [-0.15, -0.1) is 0 Å². The van der Waals surface area contributed by atoms with Crippen LogP contribution in [-0.4, -0.2) is 28.3 Å². The molecule has 0 radical (unpaired) electrons. The monoisotopic (exact) mass is 316 g/mol. The van der Waals surface area contributed by atoms with E-state index in [1.165, 1.54) is 0 Å². The normalized spacial score (nSPS) is 22.0. The van der Waals surface area contributed by atoms with Gasteiger partial charge in [-0.25, -0.2) is 4.98 Å². The first kappa shape index (κ1) is 15.9. The molecule has 124 valence electrons. The molecular weight excluding hydrogens is 292 g/mol. The SMILES string of the molecule is COC(C)(C)c1noc(C2CCC(Nc3ccccn3)CC2)n1. The van der Waals surface area contributed by atoms with Crippen LogP contribution < -0.4 is 5.32 Å². The molecule has 1 fully saturated rings. The van der Waals surface area contributed by atoms with Crippen LogP contribution in [0.5, 0.6) is 0 Å². The van der Waals surface area contributed by atoms with Gasteiger partial charge in [0.05, 0.1) is 0 Å². The lowest BCUT2D eigenvalue weighted by atomic mass is 9.86. The zero-order chi connectivity index (χ0) is 16.3. The number of aromatic nitrogens is 3. The molecule has 23 heavy (non-hydrogen) atoms. The zero-order valence-corrected chi connectivity index (χ0v) is 14.0. The van der Waals surface area contributed by atoms with E-state index < -0.39 is 5.60 Å². The molecule has 0 unspecified atom stereocenters. The van der Waals surface area contributed by atoms with Crippen molar-refractivity contribution in [3.05, 3.63) is 36.1 Å². The molecule has 2 aromatic rings. The molecule has 0 aromatic carbocycles. The highest BCUT2D eigenvalue weighted by Gasteiger charge is 2.30. The summed E-state index contributed by atoms with van der Waals surface area (Å²) >= 11 is 0. The Bertz CT molecular complexity index is 619. The van der Waals surface area contributed by atoms with Crippen molar-refractivity contribution < 1.29 is 9.26 Å². The van der Waals surface area contributed by atoms with Gasteiger partial charge in [-0.3, -0.25) is 0 Å². The summed E-state index contributed by atoms with van der Waals surface area (Å²) in [5, 5.41) is 7.58. The molecule has 1 N–H and O–H groups in total. The standard InChI is InChI=1S/C17H24N4O2/c1-17(2,22-3)16-20-15(23-21-16)12-7-9-13(10-8-12)19-14-6-4-5-11-18-14/h4-6,11-13H,7-10H2,1-3H3,(H,18,19). The molecule has 0 atom stereocenters. The maximum Gasteiger partial charge on any atom is 0.229 e. The Morgan fingerprint density at radius 2 is 2.00 bits per heavy atom. The Morgan fingerprint density at radius 3 is 2.65 bits per heavy atom. The van der Waals surface area contributed by atoms with Crippen molar-refractivity contribution in [1.82, 2.24) is 15.1 Å². The summed E-state index contributed by atoms with van der Waals surface area (Å²) < 4.78 is 10.9. The van der Waals surface area contributed by atoms with E-state index >= 15 is 0 Å². The van der Waals surface area contributed by atoms with Crippen molar-refractivity contribution >= 4 is 5.82 Å². The summed E-state index contributed by atoms with van der Waals surface area (Å²) in [7, 11) is 1.66. The fraction of sp³-hybridized carbons (Fsp3) is 0.588. The number of nitrogens with zero attached hydrogens (tertiary/aromatic N) is 3. The fourth-order valence-corrected chi connectivity index (χ4v) is 2.88. The predicted molar refractivity (Wildman–Crippen MR) is 87.2 cm³/mol. The van der Waals surface area contributed by atoms with Gasteiger partial charge >= 0.3 is 0 Å². The van der Waals surface area contributed by atoms with Crippen molar-refractivity contribution in [2.45, 2.75) is 57.1 Å². The lowest BCUT2D eigenvalue weighted by Gasteiger charge is -2.27. The van der Waals surface area contributed by atoms with Gasteiger partial charge in [-0.05, 0) is 51.7 Å². The molecular formula is C17H24N4O2. The van der Waals surface area contributed by atoms with Crippen LogP contribution in [0.2, 0.25) is 0 Å². The maximum absolute atomic E-state index is 5.47. The molecule has 0 aliphatic heterocycles. The van der Waals surface area contributed by atoms with Crippen molar-refractivity contribution in [3.63, 3.8) is 0 Å². The van der Waals surface area contributed by atoms with Crippen LogP contribution in [0.3, 0.4) is 0 Å². The van der Waals surface area contributed by atoms with Gasteiger partial charge in [0.15, 0.2) is 0 Å². The number of pyridine rings is 1. The zero-order valence-electron chi connectivity index (χ0n) is 14.0. The van der Waals surface area contributed by atoms with E-state index in [4.69, 9.17) is 9.26 Å². The third-order valence-electron chi connectivity index (χ3n) is 4.58. The van der Waals surface area contributed by atoms with Gasteiger partial charge in [-0.2, -0.15) is 4.98 Å². The van der Waals surface area contributed by atoms with Crippen LogP contribution in [0.4, 0.5) is 5.82 Å². The summed E-state index contributed by atoms with van der Waals surface area (Å²) in [5.41, 5.74) is -0.514. The molecule has 2 heterocycles. The Kier molecular flexibility index (Phi) is 4.61. The highest BCUT2D eigenvalue weighted by molar-refractivity contribution is 5.34. The van der Waals surface area contributed by atoms with Crippen LogP contribution in [0.15, 0.2) is 28.9 Å². The van der Waals surface area contributed by atoms with Gasteiger partial charge in [0.2, 0.25) is 11.7 Å². The lowest BCUT2D eigenvalue weighted by molar-refractivity contribution is 0.00973. The van der Waals surface area contributed by atoms with Gasteiger partial charge in [-0.1, -0.05) is 11.2 Å². The molecule has 0 spiro atoms. The summed E-state index contributed by atoms with van der Waals surface area (Å²) in [6.07, 6.45) is 6.05. The van der Waals surface area contributed by atoms with Crippen molar-refractivity contribution in [2.24, 2.45) is 0 Å². The van der Waals surface area contributed by atoms with Gasteiger partial charge in [0.1, 0.15) is 11.4 Å². The van der Waals surface area contributed by atoms with Crippen LogP contribution in [0, 0.1) is 0 Å². The smallest absolute Gasteiger partial charge is 0.229 e. The van der Waals surface area contributed by atoms with Gasteiger partial charge < -0.3 is 14.6 Å². The van der Waals surface area contributed by atoms with Crippen molar-refractivity contribution in [1.29, 1.82) is 0 Å². The Morgan fingerprint density at radius 1 is 1.22 bits per heavy atom. The third-order valence-corrected chi connectivity index (χ3v) is 4.58. The van der Waals surface area contributed by atoms with E-state index in [0.29, 0.717) is 17.8 Å². The highest BCUT2D eigenvalue weighted by atomic mass is 16.5. The lowest BCUT2D eigenvalue weighted by Crippen LogP contribution is -2.26. The van der Waals surface area contributed by atoms with Crippen LogP contribution in [0.1, 0.15) is 57.2 Å². The Hall–Kier alpha value is -1.95.